The first-order valence-corrected chi connectivity index (χ1v) is 38.9. The minimum Gasteiger partial charge on any atom is -0.504 e. The van der Waals surface area contributed by atoms with Crippen LogP contribution in [0.3, 0.4) is 0 Å². The molecule has 20 rings (SSSR count). The van der Waals surface area contributed by atoms with Crippen molar-refractivity contribution in [3.63, 3.8) is 0 Å². The molecule has 0 radical (unpaired) electrons. The van der Waals surface area contributed by atoms with Crippen LogP contribution in [0.2, 0.25) is 0 Å². The van der Waals surface area contributed by atoms with E-state index in [1.807, 2.05) is 4.90 Å². The molecule has 11 aliphatic carbocycles. The van der Waals surface area contributed by atoms with Gasteiger partial charge in [0.15, 0.2) is 23.4 Å². The first-order chi connectivity index (χ1) is 44.0. The van der Waals surface area contributed by atoms with Gasteiger partial charge in [0, 0.05) is 96.8 Å². The lowest BCUT2D eigenvalue weighted by Crippen LogP contribution is -2.61. The summed E-state index contributed by atoms with van der Waals surface area (Å²) in [5.74, 6) is 3.77. The topological polar surface area (TPSA) is 231 Å². The largest absolute Gasteiger partial charge is 0.504 e. The molecule has 11 fully saturated rings. The molecule has 10 saturated carbocycles. The van der Waals surface area contributed by atoms with E-state index in [2.05, 4.69) is 80.4 Å². The van der Waals surface area contributed by atoms with E-state index < -0.39 is 28.8 Å². The van der Waals surface area contributed by atoms with Gasteiger partial charge in [-0.2, -0.15) is 0 Å². The Labute approximate surface area is 548 Å². The number of phenolic OH excluding ortho intramolecular Hbond substituents is 1. The lowest BCUT2D eigenvalue weighted by Gasteiger charge is -2.62. The number of allylic oxidation sites excluding steroid dienone is 1. The number of nitrogens with zero attached hydrogens (tertiary/aromatic N) is 3. The summed E-state index contributed by atoms with van der Waals surface area (Å²) in [4.78, 5) is 40.8. The number of rotatable bonds is 5. The van der Waals surface area contributed by atoms with Gasteiger partial charge < -0.3 is 52.2 Å². The highest BCUT2D eigenvalue weighted by Gasteiger charge is 2.75. The SMILES string of the molecule is CC(=O)OC12CC(O)C3C(CCC1Cc1cc(c(O)c4c1C1C=CC5(CCCC5C1)O4)CN1CC4(CC1=O)C(CCC4c1ccccc1)CN=C(N)NC1(CCCC14CCCC4)SSCC1CCC3CC13CCC1(CCCC1)C31CCC(CCN=C(N)N)C1O)C2. The molecule has 7 aliphatic heterocycles. The molecule has 7 heterocycles. The van der Waals surface area contributed by atoms with Crippen molar-refractivity contribution in [1.29, 1.82) is 0 Å². The molecule has 18 atom stereocenters. The third-order valence-corrected chi connectivity index (χ3v) is 33.0. The molecule has 494 valence electrons. The molecular weight excluding hydrogens is 1180 g/mol. The second-order valence-electron chi connectivity index (χ2n) is 33.1. The third-order valence-electron chi connectivity index (χ3n) is 29.7. The summed E-state index contributed by atoms with van der Waals surface area (Å²) >= 11 is 0. The number of hydrogen-bond donors (Lipinski definition) is 7. The summed E-state index contributed by atoms with van der Waals surface area (Å²) in [6.07, 6.45) is 34.6. The highest BCUT2D eigenvalue weighted by Crippen LogP contribution is 2.80. The molecule has 18 aliphatic rings. The Hall–Kier alpha value is -4.12. The number of hydrogen-bond acceptors (Lipinski definition) is 13. The van der Waals surface area contributed by atoms with E-state index in [1.165, 1.54) is 63.4 Å². The zero-order valence-electron chi connectivity index (χ0n) is 54.4. The van der Waals surface area contributed by atoms with E-state index in [0.717, 1.165) is 139 Å². The van der Waals surface area contributed by atoms with Gasteiger partial charge in [-0.25, -0.2) is 0 Å². The fourth-order valence-electron chi connectivity index (χ4n) is 26.1. The molecule has 91 heavy (non-hydrogen) atoms. The molecule has 10 N–H and O–H groups in total. The van der Waals surface area contributed by atoms with Crippen molar-refractivity contribution >= 4 is 45.4 Å². The fraction of sp³-hybridized carbons (Fsp3) is 0.760. The number of phenols is 1. The van der Waals surface area contributed by atoms with Crippen molar-refractivity contribution in [1.82, 2.24) is 10.2 Å². The Morgan fingerprint density at radius 1 is 0.824 bits per heavy atom. The Morgan fingerprint density at radius 2 is 1.58 bits per heavy atom. The van der Waals surface area contributed by atoms with Gasteiger partial charge in [0.25, 0.3) is 0 Å². The number of aliphatic imine (C=N–C) groups is 2. The molecule has 2 aromatic carbocycles. The van der Waals surface area contributed by atoms with Crippen LogP contribution in [-0.2, 0) is 27.3 Å². The van der Waals surface area contributed by atoms with Crippen LogP contribution >= 0.6 is 21.6 Å². The normalized spacial score (nSPS) is 43.4. The highest BCUT2D eigenvalue weighted by molar-refractivity contribution is 8.77. The minimum absolute atomic E-state index is 0.0530. The van der Waals surface area contributed by atoms with Gasteiger partial charge in [-0.15, -0.1) is 0 Å². The van der Waals surface area contributed by atoms with Crippen molar-refractivity contribution in [3.8, 4) is 11.5 Å². The Bertz CT molecular complexity index is 3230. The number of aliphatic hydroxyl groups is 2. The predicted molar refractivity (Wildman–Crippen MR) is 360 cm³/mol. The van der Waals surface area contributed by atoms with Crippen molar-refractivity contribution in [2.45, 2.75) is 253 Å². The maximum Gasteiger partial charge on any atom is 0.303 e. The van der Waals surface area contributed by atoms with E-state index in [9.17, 15) is 20.1 Å². The van der Waals surface area contributed by atoms with Crippen LogP contribution in [0.4, 0.5) is 0 Å². The maximum atomic E-state index is 15.2. The summed E-state index contributed by atoms with van der Waals surface area (Å²) in [5.41, 5.74) is 21.5. The Morgan fingerprint density at radius 3 is 2.37 bits per heavy atom. The number of guanidine groups is 2. The van der Waals surface area contributed by atoms with E-state index in [4.69, 9.17) is 31.7 Å². The van der Waals surface area contributed by atoms with Gasteiger partial charge in [0.2, 0.25) is 5.91 Å². The van der Waals surface area contributed by atoms with Gasteiger partial charge >= 0.3 is 5.97 Å². The number of aliphatic hydroxyl groups excluding tert-OH is 2. The van der Waals surface area contributed by atoms with Gasteiger partial charge in [-0.3, -0.25) is 19.6 Å². The summed E-state index contributed by atoms with van der Waals surface area (Å²) in [6, 6.07) is 13.1. The van der Waals surface area contributed by atoms with Crippen LogP contribution in [0.25, 0.3) is 0 Å². The van der Waals surface area contributed by atoms with Crippen LogP contribution in [0.1, 0.15) is 234 Å². The van der Waals surface area contributed by atoms with Crippen LogP contribution in [-0.4, -0.2) is 97.7 Å². The van der Waals surface area contributed by atoms with Crippen molar-refractivity contribution < 1.29 is 34.4 Å². The summed E-state index contributed by atoms with van der Waals surface area (Å²) in [5, 5.41) is 44.2. The third kappa shape index (κ3) is 9.52. The lowest BCUT2D eigenvalue weighted by atomic mass is 9.44. The first-order valence-electron chi connectivity index (χ1n) is 36.6. The number of benzene rings is 2. The minimum atomic E-state index is -0.876. The van der Waals surface area contributed by atoms with Gasteiger partial charge in [0.1, 0.15) is 16.1 Å². The van der Waals surface area contributed by atoms with Gasteiger partial charge in [-0.1, -0.05) is 83.7 Å². The molecule has 1 saturated heterocycles. The average molecular weight is 1280 g/mol. The second kappa shape index (κ2) is 23.0. The summed E-state index contributed by atoms with van der Waals surface area (Å²) in [6.45, 7) is 3.44. The van der Waals surface area contributed by atoms with Crippen molar-refractivity contribution in [2.24, 2.45) is 102 Å². The van der Waals surface area contributed by atoms with Gasteiger partial charge in [0.05, 0.1) is 12.2 Å². The molecular formula is C75H105N7O7S2. The molecule has 7 spiro atoms. The van der Waals surface area contributed by atoms with E-state index in [-0.39, 0.29) is 104 Å². The van der Waals surface area contributed by atoms with Gasteiger partial charge in [-0.05, 0) is 236 Å². The van der Waals surface area contributed by atoms with Crippen LogP contribution in [0.5, 0.6) is 11.5 Å². The van der Waals surface area contributed by atoms with Crippen molar-refractivity contribution in [2.75, 3.05) is 25.4 Å². The number of carbonyl (C=O) groups excluding carboxylic acids is 2. The second-order valence-corrected chi connectivity index (χ2v) is 35.7. The number of esters is 1. The summed E-state index contributed by atoms with van der Waals surface area (Å²) in [7, 11) is 4.18. The molecule has 12 bridgehead atoms. The molecule has 1 amide bonds. The molecule has 16 heteroatoms. The van der Waals surface area contributed by atoms with Crippen LogP contribution < -0.4 is 27.3 Å². The average Bonchev–Trinajstić information content (AvgIpc) is 1.53. The standard InChI is InChI=1S/C75H105N7O7S2/c1-46(83)88-73-39-51-14-16-55(73)37-52-35-53(63(86)64-62(52)49-20-30-72(89-64)28-9-13-54(72)36-49)43-82-45-70(41-60(82)85)56(18-19-58(70)47-11-3-2-4-12-47)42-80-67(78)81-75(29-10-27-69(75)25-7-8-26-69)91-90-44-57-17-15-50(61(51)59(84)40-73)38-71(57)33-32-68(23-5-6-24-68)74(71)31-21-48(65(74)87)22-34-79-66(76)77/h2-4,11-12,20,30,35,48-51,54-59,61,65,84,86-87H,5-10,13-19,21-29,31-34,36-45H2,1H3,(H4,76,77,79)(H3,78,80,81). The fourth-order valence-corrected chi connectivity index (χ4v) is 30.1. The smallest absolute Gasteiger partial charge is 0.303 e. The number of amides is 1. The zero-order chi connectivity index (χ0) is 62.3. The Balaban J connectivity index is 0.819. The van der Waals surface area contributed by atoms with Crippen LogP contribution in [0.15, 0.2) is 58.5 Å². The number of nitrogens with one attached hydrogen (secondary N) is 1. The first kappa shape index (κ1) is 61.7. The number of fused-ring (bicyclic) bond motifs is 1. The molecule has 2 aromatic rings. The Kier molecular flexibility index (Phi) is 15.6. The van der Waals surface area contributed by atoms with E-state index in [1.54, 1.807) is 6.92 Å². The number of aromatic hydroxyl groups is 1. The monoisotopic (exact) mass is 1280 g/mol. The van der Waals surface area contributed by atoms with Crippen LogP contribution in [0, 0.1) is 74.4 Å². The van der Waals surface area contributed by atoms with E-state index >= 15 is 4.79 Å². The quantitative estimate of drug-likeness (QED) is 0.0486. The number of carbonyl (C=O) groups is 2. The predicted octanol–water partition coefficient (Wildman–Crippen LogP) is 12.8. The molecule has 0 aromatic heterocycles. The molecule has 18 unspecified atom stereocenters. The molecule has 14 nitrogen and oxygen atoms in total. The number of nitrogens with two attached hydrogens (primary N) is 3. The summed E-state index contributed by atoms with van der Waals surface area (Å²) < 4.78 is 14.2. The van der Waals surface area contributed by atoms with Crippen molar-refractivity contribution in [3.05, 3.63) is 70.8 Å². The zero-order valence-corrected chi connectivity index (χ0v) is 56.0. The highest BCUT2D eigenvalue weighted by atomic mass is 33.1. The number of ether oxygens (including phenoxy) is 2. The maximum absolute atomic E-state index is 15.2. The lowest BCUT2D eigenvalue weighted by molar-refractivity contribution is -0.207. The van der Waals surface area contributed by atoms with E-state index in [0.29, 0.717) is 68.0 Å².